The predicted octanol–water partition coefficient (Wildman–Crippen LogP) is 3.84. The second kappa shape index (κ2) is 9.14. The maximum atomic E-state index is 13.0. The number of nitrogens with one attached hydrogen (secondary N) is 1. The highest BCUT2D eigenvalue weighted by atomic mass is 32.2. The highest BCUT2D eigenvalue weighted by Gasteiger charge is 2.20. The molecule has 1 aliphatic rings. The van der Waals surface area contributed by atoms with Gasteiger partial charge in [-0.25, -0.2) is 8.78 Å². The van der Waals surface area contributed by atoms with Crippen molar-refractivity contribution >= 4 is 17.7 Å². The Labute approximate surface area is 156 Å². The van der Waals surface area contributed by atoms with Crippen LogP contribution >= 0.6 is 11.8 Å². The molecule has 1 heterocycles. The fourth-order valence-electron chi connectivity index (χ4n) is 3.03. The SMILES string of the molecule is O=C(CSc1ccc(F)cc1)NC1CCN(Cc2ccc(F)cc2)CC1. The molecule has 138 valence electrons. The van der Waals surface area contributed by atoms with Crippen LogP contribution in [-0.2, 0) is 11.3 Å². The minimum absolute atomic E-state index is 0.0105. The molecule has 0 aliphatic carbocycles. The Morgan fingerprint density at radius 2 is 1.58 bits per heavy atom. The lowest BCUT2D eigenvalue weighted by Gasteiger charge is -2.32. The molecule has 0 spiro atoms. The third-order valence-corrected chi connectivity index (χ3v) is 5.47. The molecule has 1 aliphatic heterocycles. The van der Waals surface area contributed by atoms with Crippen LogP contribution in [0.2, 0.25) is 0 Å². The van der Waals surface area contributed by atoms with Gasteiger partial charge < -0.3 is 5.32 Å². The molecule has 1 N–H and O–H groups in total. The number of thioether (sulfide) groups is 1. The number of likely N-dealkylation sites (tertiary alicyclic amines) is 1. The highest BCUT2D eigenvalue weighted by Crippen LogP contribution is 2.18. The molecule has 0 atom stereocenters. The van der Waals surface area contributed by atoms with Crippen LogP contribution in [0.5, 0.6) is 0 Å². The van der Waals surface area contributed by atoms with E-state index >= 15 is 0 Å². The monoisotopic (exact) mass is 376 g/mol. The van der Waals surface area contributed by atoms with Crippen molar-refractivity contribution in [2.45, 2.75) is 30.3 Å². The number of benzene rings is 2. The van der Waals surface area contributed by atoms with Gasteiger partial charge in [-0.2, -0.15) is 0 Å². The zero-order valence-corrected chi connectivity index (χ0v) is 15.3. The molecule has 2 aromatic rings. The Morgan fingerprint density at radius 3 is 2.19 bits per heavy atom. The highest BCUT2D eigenvalue weighted by molar-refractivity contribution is 8.00. The van der Waals surface area contributed by atoms with E-state index in [1.165, 1.54) is 36.0 Å². The molecule has 3 nitrogen and oxygen atoms in total. The lowest BCUT2D eigenvalue weighted by Crippen LogP contribution is -2.44. The van der Waals surface area contributed by atoms with E-state index in [4.69, 9.17) is 0 Å². The summed E-state index contributed by atoms with van der Waals surface area (Å²) in [6.07, 6.45) is 1.82. The number of hydrogen-bond acceptors (Lipinski definition) is 3. The van der Waals surface area contributed by atoms with E-state index in [-0.39, 0.29) is 23.6 Å². The van der Waals surface area contributed by atoms with E-state index < -0.39 is 0 Å². The maximum Gasteiger partial charge on any atom is 0.230 e. The molecule has 0 unspecified atom stereocenters. The van der Waals surface area contributed by atoms with E-state index in [9.17, 15) is 13.6 Å². The number of amides is 1. The number of nitrogens with zero attached hydrogens (tertiary/aromatic N) is 1. The molecular formula is C20H22F2N2OS. The zero-order valence-electron chi connectivity index (χ0n) is 14.5. The first-order chi connectivity index (χ1) is 12.6. The van der Waals surface area contributed by atoms with Crippen molar-refractivity contribution in [3.8, 4) is 0 Å². The van der Waals surface area contributed by atoms with Crippen molar-refractivity contribution in [2.24, 2.45) is 0 Å². The average molecular weight is 376 g/mol. The fraction of sp³-hybridized carbons (Fsp3) is 0.350. The molecule has 0 radical (unpaired) electrons. The minimum Gasteiger partial charge on any atom is -0.353 e. The number of rotatable bonds is 6. The first-order valence-electron chi connectivity index (χ1n) is 8.73. The molecule has 0 bridgehead atoms. The predicted molar refractivity (Wildman–Crippen MR) is 100.0 cm³/mol. The normalized spacial score (nSPS) is 15.8. The van der Waals surface area contributed by atoms with E-state index in [0.29, 0.717) is 5.75 Å². The molecule has 0 saturated carbocycles. The average Bonchev–Trinajstić information content (AvgIpc) is 2.65. The van der Waals surface area contributed by atoms with Crippen molar-refractivity contribution in [3.05, 3.63) is 65.7 Å². The summed E-state index contributed by atoms with van der Waals surface area (Å²) < 4.78 is 25.8. The fourth-order valence-corrected chi connectivity index (χ4v) is 3.74. The maximum absolute atomic E-state index is 13.0. The summed E-state index contributed by atoms with van der Waals surface area (Å²) in [6.45, 7) is 2.63. The van der Waals surface area contributed by atoms with Gasteiger partial charge in [0.2, 0.25) is 5.91 Å². The first kappa shape index (κ1) is 18.9. The number of carbonyl (C=O) groups excluding carboxylic acids is 1. The number of halogens is 2. The van der Waals surface area contributed by atoms with E-state index in [1.54, 1.807) is 12.1 Å². The molecule has 1 amide bonds. The minimum atomic E-state index is -0.272. The van der Waals surface area contributed by atoms with Crippen LogP contribution in [0.4, 0.5) is 8.78 Å². The Bertz CT molecular complexity index is 714. The van der Waals surface area contributed by atoms with E-state index in [1.807, 2.05) is 12.1 Å². The second-order valence-corrected chi connectivity index (χ2v) is 7.54. The summed E-state index contributed by atoms with van der Waals surface area (Å²) in [4.78, 5) is 15.3. The lowest BCUT2D eigenvalue weighted by molar-refractivity contribution is -0.119. The zero-order chi connectivity index (χ0) is 18.4. The van der Waals surface area contributed by atoms with Crippen molar-refractivity contribution in [3.63, 3.8) is 0 Å². The molecule has 3 rings (SSSR count). The van der Waals surface area contributed by atoms with Crippen molar-refractivity contribution in [1.29, 1.82) is 0 Å². The van der Waals surface area contributed by atoms with Gasteiger partial charge in [-0.3, -0.25) is 9.69 Å². The van der Waals surface area contributed by atoms with E-state index in [0.717, 1.165) is 42.9 Å². The topological polar surface area (TPSA) is 32.3 Å². The van der Waals surface area contributed by atoms with Crippen LogP contribution in [0, 0.1) is 11.6 Å². The van der Waals surface area contributed by atoms with Gasteiger partial charge in [0.25, 0.3) is 0 Å². The van der Waals surface area contributed by atoms with Crippen LogP contribution < -0.4 is 5.32 Å². The van der Waals surface area contributed by atoms with Gasteiger partial charge in [0, 0.05) is 30.6 Å². The van der Waals surface area contributed by atoms with Gasteiger partial charge >= 0.3 is 0 Å². The Kier molecular flexibility index (Phi) is 6.63. The summed E-state index contributed by atoms with van der Waals surface area (Å²) in [6, 6.07) is 13.0. The van der Waals surface area contributed by atoms with E-state index in [2.05, 4.69) is 10.2 Å². The van der Waals surface area contributed by atoms with Crippen molar-refractivity contribution in [2.75, 3.05) is 18.8 Å². The molecule has 26 heavy (non-hydrogen) atoms. The van der Waals surface area contributed by atoms with Gasteiger partial charge in [0.1, 0.15) is 11.6 Å². The summed E-state index contributed by atoms with van der Waals surface area (Å²) in [7, 11) is 0. The quantitative estimate of drug-likeness (QED) is 0.778. The smallest absolute Gasteiger partial charge is 0.230 e. The molecular weight excluding hydrogens is 354 g/mol. The third kappa shape index (κ3) is 5.81. The largest absolute Gasteiger partial charge is 0.353 e. The summed E-state index contributed by atoms with van der Waals surface area (Å²) >= 11 is 1.41. The first-order valence-corrected chi connectivity index (χ1v) is 9.71. The van der Waals surface area contributed by atoms with Gasteiger partial charge in [-0.1, -0.05) is 12.1 Å². The Hall–Kier alpha value is -1.92. The van der Waals surface area contributed by atoms with Gasteiger partial charge in [-0.05, 0) is 54.8 Å². The molecule has 0 aromatic heterocycles. The number of piperidine rings is 1. The van der Waals surface area contributed by atoms with Crippen molar-refractivity contribution < 1.29 is 13.6 Å². The van der Waals surface area contributed by atoms with Crippen molar-refractivity contribution in [1.82, 2.24) is 10.2 Å². The lowest BCUT2D eigenvalue weighted by atomic mass is 10.0. The van der Waals surface area contributed by atoms with Crippen LogP contribution in [0.25, 0.3) is 0 Å². The second-order valence-electron chi connectivity index (χ2n) is 6.49. The Balaban J connectivity index is 1.37. The standard InChI is InChI=1S/C20H22F2N2OS/c21-16-3-1-15(2-4-16)13-24-11-9-18(10-12-24)23-20(25)14-26-19-7-5-17(22)6-8-19/h1-8,18H,9-14H2,(H,23,25). The van der Waals surface area contributed by atoms with Gasteiger partial charge in [-0.15, -0.1) is 11.8 Å². The summed E-state index contributed by atoms with van der Waals surface area (Å²) in [5.41, 5.74) is 1.10. The van der Waals surface area contributed by atoms with Crippen LogP contribution in [0.3, 0.4) is 0 Å². The molecule has 1 saturated heterocycles. The van der Waals surface area contributed by atoms with Gasteiger partial charge in [0.05, 0.1) is 5.75 Å². The molecule has 6 heteroatoms. The number of carbonyl (C=O) groups is 1. The van der Waals surface area contributed by atoms with Crippen LogP contribution in [0.1, 0.15) is 18.4 Å². The third-order valence-electron chi connectivity index (χ3n) is 4.46. The van der Waals surface area contributed by atoms with Crippen LogP contribution in [-0.4, -0.2) is 35.7 Å². The van der Waals surface area contributed by atoms with Gasteiger partial charge in [0.15, 0.2) is 0 Å². The number of hydrogen-bond donors (Lipinski definition) is 1. The summed E-state index contributed by atoms with van der Waals surface area (Å²) in [5.74, 6) is -0.141. The van der Waals surface area contributed by atoms with Crippen LogP contribution in [0.15, 0.2) is 53.4 Å². The molecule has 1 fully saturated rings. The molecule has 2 aromatic carbocycles. The summed E-state index contributed by atoms with van der Waals surface area (Å²) in [5, 5.41) is 3.08. The Morgan fingerprint density at radius 1 is 1.00 bits per heavy atom.